The van der Waals surface area contributed by atoms with E-state index in [-0.39, 0.29) is 24.6 Å². The van der Waals surface area contributed by atoms with Gasteiger partial charge in [-0.15, -0.1) is 27.8 Å². The zero-order valence-corrected chi connectivity index (χ0v) is 18.0. The number of thiazole rings is 1. The molecule has 0 bridgehead atoms. The van der Waals surface area contributed by atoms with Crippen molar-refractivity contribution in [2.75, 3.05) is 6.54 Å². The standard InChI is InChI=1S/C18H16N6O2S3/c1-10-15(28-18(20-10)13-4-3-9-27-13)12-5-6-14(25)24(22-12)8-7-19-17(26)16-11(2)21-23-29-16/h3-6,9H,7-8H2,1-2H3,(H,19,26). The molecule has 0 atom stereocenters. The van der Waals surface area contributed by atoms with Crippen LogP contribution in [0.15, 0.2) is 34.4 Å². The lowest BCUT2D eigenvalue weighted by atomic mass is 10.3. The van der Waals surface area contributed by atoms with Crippen molar-refractivity contribution in [3.05, 3.63) is 56.3 Å². The molecule has 29 heavy (non-hydrogen) atoms. The summed E-state index contributed by atoms with van der Waals surface area (Å²) in [5, 5.41) is 14.0. The van der Waals surface area contributed by atoms with Crippen LogP contribution in [0.1, 0.15) is 21.1 Å². The van der Waals surface area contributed by atoms with Crippen molar-refractivity contribution >= 4 is 40.1 Å². The van der Waals surface area contributed by atoms with Crippen LogP contribution in [0.2, 0.25) is 0 Å². The summed E-state index contributed by atoms with van der Waals surface area (Å²) in [5.41, 5.74) is 1.93. The number of hydrogen-bond donors (Lipinski definition) is 1. The van der Waals surface area contributed by atoms with Crippen molar-refractivity contribution < 1.29 is 4.79 Å². The minimum atomic E-state index is -0.249. The third-order valence-electron chi connectivity index (χ3n) is 4.09. The number of thiophene rings is 1. The first-order valence-corrected chi connectivity index (χ1v) is 11.2. The highest BCUT2D eigenvalue weighted by Gasteiger charge is 2.15. The Hall–Kier alpha value is -2.76. The molecular weight excluding hydrogens is 428 g/mol. The van der Waals surface area contributed by atoms with E-state index >= 15 is 0 Å². The molecule has 1 amide bonds. The Kier molecular flexibility index (Phi) is 5.60. The van der Waals surface area contributed by atoms with Gasteiger partial charge in [-0.25, -0.2) is 9.67 Å². The fourth-order valence-electron chi connectivity index (χ4n) is 2.67. The number of aryl methyl sites for hydroxylation is 2. The van der Waals surface area contributed by atoms with Crippen LogP contribution in [-0.4, -0.2) is 36.8 Å². The van der Waals surface area contributed by atoms with Gasteiger partial charge in [-0.3, -0.25) is 9.59 Å². The summed E-state index contributed by atoms with van der Waals surface area (Å²) in [7, 11) is 0. The zero-order chi connectivity index (χ0) is 20.4. The normalized spacial score (nSPS) is 11.0. The summed E-state index contributed by atoms with van der Waals surface area (Å²) in [4.78, 5) is 31.5. The van der Waals surface area contributed by atoms with Crippen LogP contribution in [0.25, 0.3) is 20.5 Å². The van der Waals surface area contributed by atoms with Crippen molar-refractivity contribution in [1.82, 2.24) is 29.7 Å². The van der Waals surface area contributed by atoms with Gasteiger partial charge in [-0.2, -0.15) is 5.10 Å². The van der Waals surface area contributed by atoms with Crippen molar-refractivity contribution in [1.29, 1.82) is 0 Å². The molecule has 0 saturated carbocycles. The number of carbonyl (C=O) groups excluding carboxylic acids is 1. The summed E-state index contributed by atoms with van der Waals surface area (Å²) < 4.78 is 5.11. The Labute approximate surface area is 178 Å². The van der Waals surface area contributed by atoms with Gasteiger partial charge in [0.2, 0.25) is 0 Å². The van der Waals surface area contributed by atoms with Crippen molar-refractivity contribution in [2.45, 2.75) is 20.4 Å². The van der Waals surface area contributed by atoms with Crippen LogP contribution >= 0.6 is 34.2 Å². The van der Waals surface area contributed by atoms with E-state index in [9.17, 15) is 9.59 Å². The molecule has 11 heteroatoms. The third kappa shape index (κ3) is 4.16. The number of aromatic nitrogens is 5. The molecule has 0 aliphatic rings. The van der Waals surface area contributed by atoms with Crippen molar-refractivity contribution in [3.8, 4) is 20.5 Å². The van der Waals surface area contributed by atoms with Gasteiger partial charge < -0.3 is 5.32 Å². The minimum absolute atomic E-state index is 0.223. The molecule has 8 nitrogen and oxygen atoms in total. The lowest BCUT2D eigenvalue weighted by molar-refractivity contribution is 0.0955. The molecule has 1 N–H and O–H groups in total. The number of hydrogen-bond acceptors (Lipinski definition) is 9. The first kappa shape index (κ1) is 19.6. The van der Waals surface area contributed by atoms with Crippen molar-refractivity contribution in [2.24, 2.45) is 0 Å². The van der Waals surface area contributed by atoms with Crippen LogP contribution in [-0.2, 0) is 6.54 Å². The molecule has 4 rings (SSSR count). The Bertz CT molecular complexity index is 1210. The van der Waals surface area contributed by atoms with Gasteiger partial charge in [0, 0.05) is 12.6 Å². The molecule has 0 unspecified atom stereocenters. The number of carbonyl (C=O) groups is 1. The minimum Gasteiger partial charge on any atom is -0.349 e. The zero-order valence-electron chi connectivity index (χ0n) is 15.6. The van der Waals surface area contributed by atoms with Crippen LogP contribution in [0.4, 0.5) is 0 Å². The topological polar surface area (TPSA) is 103 Å². The predicted molar refractivity (Wildman–Crippen MR) is 115 cm³/mol. The molecule has 0 fully saturated rings. The molecule has 0 radical (unpaired) electrons. The van der Waals surface area contributed by atoms with Crippen LogP contribution in [0, 0.1) is 13.8 Å². The Morgan fingerprint density at radius 2 is 2.07 bits per heavy atom. The Balaban J connectivity index is 1.50. The van der Waals surface area contributed by atoms with E-state index < -0.39 is 0 Å². The number of amides is 1. The van der Waals surface area contributed by atoms with Gasteiger partial charge in [0.05, 0.1) is 27.7 Å². The fourth-order valence-corrected chi connectivity index (χ4v) is 5.07. The summed E-state index contributed by atoms with van der Waals surface area (Å²) in [6.07, 6.45) is 0. The molecule has 4 heterocycles. The highest BCUT2D eigenvalue weighted by Crippen LogP contribution is 2.35. The smallest absolute Gasteiger partial charge is 0.266 e. The largest absolute Gasteiger partial charge is 0.349 e. The molecule has 0 spiro atoms. The Morgan fingerprint density at radius 1 is 1.21 bits per heavy atom. The lowest BCUT2D eigenvalue weighted by Crippen LogP contribution is -2.31. The number of nitrogens with one attached hydrogen (secondary N) is 1. The molecule has 4 aromatic rings. The van der Waals surface area contributed by atoms with E-state index in [1.165, 1.54) is 10.7 Å². The SMILES string of the molecule is Cc1nnsc1C(=O)NCCn1nc(-c2sc(-c3cccs3)nc2C)ccc1=O. The van der Waals surface area contributed by atoms with Gasteiger partial charge in [0.25, 0.3) is 11.5 Å². The maximum absolute atomic E-state index is 12.2. The van der Waals surface area contributed by atoms with E-state index in [1.54, 1.807) is 35.7 Å². The second kappa shape index (κ2) is 8.31. The number of nitrogens with zero attached hydrogens (tertiary/aromatic N) is 5. The summed E-state index contributed by atoms with van der Waals surface area (Å²) in [6, 6.07) is 7.23. The van der Waals surface area contributed by atoms with Gasteiger partial charge in [0.15, 0.2) is 0 Å². The monoisotopic (exact) mass is 444 g/mol. The quantitative estimate of drug-likeness (QED) is 0.490. The summed E-state index contributed by atoms with van der Waals surface area (Å²) in [6.45, 7) is 4.20. The van der Waals surface area contributed by atoms with Gasteiger partial charge >= 0.3 is 0 Å². The maximum Gasteiger partial charge on any atom is 0.266 e. The van der Waals surface area contributed by atoms with Crippen LogP contribution < -0.4 is 10.9 Å². The fraction of sp³-hybridized carbons (Fsp3) is 0.222. The average Bonchev–Trinajstić information content (AvgIpc) is 3.44. The maximum atomic E-state index is 12.2. The van der Waals surface area contributed by atoms with E-state index in [2.05, 4.69) is 25.0 Å². The first-order chi connectivity index (χ1) is 14.0. The Morgan fingerprint density at radius 3 is 2.79 bits per heavy atom. The predicted octanol–water partition coefficient (Wildman–Crippen LogP) is 2.99. The van der Waals surface area contributed by atoms with Gasteiger partial charge in [0.1, 0.15) is 15.6 Å². The van der Waals surface area contributed by atoms with E-state index in [0.29, 0.717) is 16.3 Å². The van der Waals surface area contributed by atoms with Crippen LogP contribution in [0.3, 0.4) is 0 Å². The van der Waals surface area contributed by atoms with Crippen LogP contribution in [0.5, 0.6) is 0 Å². The second-order valence-corrected chi connectivity index (χ2v) is 8.84. The molecule has 148 valence electrons. The van der Waals surface area contributed by atoms with Gasteiger partial charge in [-0.1, -0.05) is 10.6 Å². The summed E-state index contributed by atoms with van der Waals surface area (Å²) >= 11 is 4.24. The molecule has 4 aromatic heterocycles. The number of rotatable bonds is 6. The van der Waals surface area contributed by atoms with E-state index in [1.807, 2.05) is 24.4 Å². The highest BCUT2D eigenvalue weighted by atomic mass is 32.1. The van der Waals surface area contributed by atoms with E-state index in [0.717, 1.165) is 32.0 Å². The average molecular weight is 445 g/mol. The second-order valence-electron chi connectivity index (χ2n) is 6.13. The van der Waals surface area contributed by atoms with E-state index in [4.69, 9.17) is 0 Å². The molecule has 0 aliphatic heterocycles. The first-order valence-electron chi connectivity index (χ1n) is 8.70. The highest BCUT2D eigenvalue weighted by molar-refractivity contribution is 7.23. The molecule has 0 saturated heterocycles. The third-order valence-corrected chi connectivity index (χ3v) is 7.14. The molecular formula is C18H16N6O2S3. The van der Waals surface area contributed by atoms with Crippen molar-refractivity contribution in [3.63, 3.8) is 0 Å². The molecule has 0 aliphatic carbocycles. The lowest BCUT2D eigenvalue weighted by Gasteiger charge is -2.07. The van der Waals surface area contributed by atoms with Gasteiger partial charge in [-0.05, 0) is 42.9 Å². The summed E-state index contributed by atoms with van der Waals surface area (Å²) in [5.74, 6) is -0.249. The molecule has 0 aromatic carbocycles.